The van der Waals surface area contributed by atoms with E-state index in [0.29, 0.717) is 6.07 Å². The fourth-order valence-corrected chi connectivity index (χ4v) is 1.81. The lowest BCUT2D eigenvalue weighted by molar-refractivity contribution is -0.137. The second kappa shape index (κ2) is 4.74. The number of benzene rings is 1. The average molecular weight is 280 g/mol. The maximum atomic E-state index is 13.0. The van der Waals surface area contributed by atoms with Crippen molar-refractivity contribution in [3.8, 4) is 11.8 Å². The molecule has 102 valence electrons. The predicted molar refractivity (Wildman–Crippen MR) is 62.4 cm³/mol. The van der Waals surface area contributed by atoms with Gasteiger partial charge in [-0.05, 0) is 30.3 Å². The first-order valence-electron chi connectivity index (χ1n) is 5.37. The molecule has 1 N–H and O–H groups in total. The minimum absolute atomic E-state index is 0.148. The van der Waals surface area contributed by atoms with Crippen LogP contribution in [0.5, 0.6) is 0 Å². The Balaban J connectivity index is 2.72. The molecule has 0 radical (unpaired) electrons. The predicted octanol–water partition coefficient (Wildman–Crippen LogP) is 3.07. The fourth-order valence-electron chi connectivity index (χ4n) is 1.81. The van der Waals surface area contributed by atoms with Crippen LogP contribution in [0.3, 0.4) is 0 Å². The number of alkyl halides is 3. The van der Waals surface area contributed by atoms with Gasteiger partial charge in [0.25, 0.3) is 0 Å². The summed E-state index contributed by atoms with van der Waals surface area (Å²) in [6.45, 7) is 0. The Kier molecular flexibility index (Phi) is 3.24. The number of rotatable bonds is 2. The monoisotopic (exact) mass is 280 g/mol. The minimum atomic E-state index is -4.69. The van der Waals surface area contributed by atoms with Crippen molar-refractivity contribution < 1.29 is 23.1 Å². The Morgan fingerprint density at radius 2 is 2.00 bits per heavy atom. The van der Waals surface area contributed by atoms with Gasteiger partial charge in [0.15, 0.2) is 0 Å². The van der Waals surface area contributed by atoms with Gasteiger partial charge in [-0.2, -0.15) is 18.4 Å². The number of aromatic nitrogens is 1. The minimum Gasteiger partial charge on any atom is -0.477 e. The molecule has 1 heterocycles. The third-order valence-electron chi connectivity index (χ3n) is 2.66. The zero-order valence-corrected chi connectivity index (χ0v) is 9.85. The number of carboxylic acid groups (broad SMARTS) is 1. The van der Waals surface area contributed by atoms with Crippen LogP contribution in [0.4, 0.5) is 13.2 Å². The first-order chi connectivity index (χ1) is 9.34. The van der Waals surface area contributed by atoms with E-state index in [9.17, 15) is 18.0 Å². The molecular weight excluding hydrogens is 273 g/mol. The Morgan fingerprint density at radius 1 is 1.30 bits per heavy atom. The molecule has 0 atom stereocenters. The number of aromatic carboxylic acids is 1. The summed E-state index contributed by atoms with van der Waals surface area (Å²) in [6, 6.07) is 7.13. The molecule has 0 amide bonds. The number of halogens is 3. The molecule has 1 aromatic carbocycles. The zero-order valence-electron chi connectivity index (χ0n) is 9.85. The number of hydrogen-bond acceptors (Lipinski definition) is 2. The first-order valence-corrected chi connectivity index (χ1v) is 5.37. The van der Waals surface area contributed by atoms with Crippen LogP contribution in [0.2, 0.25) is 0 Å². The second-order valence-corrected chi connectivity index (χ2v) is 3.91. The third-order valence-corrected chi connectivity index (χ3v) is 2.66. The van der Waals surface area contributed by atoms with Crippen molar-refractivity contribution in [2.75, 3.05) is 0 Å². The lowest BCUT2D eigenvalue weighted by Gasteiger charge is -2.15. The summed E-state index contributed by atoms with van der Waals surface area (Å²) >= 11 is 0. The summed E-state index contributed by atoms with van der Waals surface area (Å²) in [5.41, 5.74) is -1.83. The maximum absolute atomic E-state index is 13.0. The molecule has 0 fully saturated rings. The number of nitriles is 1. The number of carboxylic acids is 1. The van der Waals surface area contributed by atoms with Crippen molar-refractivity contribution in [2.24, 2.45) is 0 Å². The molecule has 2 rings (SSSR count). The SMILES string of the molecule is N#Cc1ccc(-n2cccc2C(=O)O)c(C(F)(F)F)c1. The maximum Gasteiger partial charge on any atom is 0.418 e. The van der Waals surface area contributed by atoms with Crippen molar-refractivity contribution in [2.45, 2.75) is 6.18 Å². The van der Waals surface area contributed by atoms with E-state index in [2.05, 4.69) is 0 Å². The smallest absolute Gasteiger partial charge is 0.418 e. The highest BCUT2D eigenvalue weighted by molar-refractivity contribution is 5.86. The molecule has 0 aliphatic heterocycles. The van der Waals surface area contributed by atoms with E-state index in [1.807, 2.05) is 0 Å². The molecule has 0 saturated heterocycles. The van der Waals surface area contributed by atoms with Crippen LogP contribution in [0.1, 0.15) is 21.6 Å². The lowest BCUT2D eigenvalue weighted by atomic mass is 10.1. The van der Waals surface area contributed by atoms with E-state index in [1.165, 1.54) is 24.4 Å². The van der Waals surface area contributed by atoms with Crippen molar-refractivity contribution >= 4 is 5.97 Å². The molecule has 0 unspecified atom stereocenters. The summed E-state index contributed by atoms with van der Waals surface area (Å²) < 4.78 is 40.0. The van der Waals surface area contributed by atoms with E-state index in [1.54, 1.807) is 6.07 Å². The summed E-state index contributed by atoms with van der Waals surface area (Å²) in [5.74, 6) is -1.34. The van der Waals surface area contributed by atoms with E-state index in [4.69, 9.17) is 10.4 Å². The van der Waals surface area contributed by atoms with Crippen LogP contribution in [0, 0.1) is 11.3 Å². The van der Waals surface area contributed by atoms with Crippen molar-refractivity contribution in [3.63, 3.8) is 0 Å². The van der Waals surface area contributed by atoms with Gasteiger partial charge in [-0.3, -0.25) is 0 Å². The Hall–Kier alpha value is -2.75. The molecule has 0 aliphatic carbocycles. The van der Waals surface area contributed by atoms with Crippen LogP contribution in [0.15, 0.2) is 36.5 Å². The Labute approximate surface area is 111 Å². The van der Waals surface area contributed by atoms with Gasteiger partial charge in [0, 0.05) is 6.20 Å². The summed E-state index contributed by atoms with van der Waals surface area (Å²) in [5, 5.41) is 17.6. The molecule has 20 heavy (non-hydrogen) atoms. The molecule has 1 aromatic heterocycles. The summed E-state index contributed by atoms with van der Waals surface area (Å²) in [4.78, 5) is 11.0. The number of nitrogens with zero attached hydrogens (tertiary/aromatic N) is 2. The van der Waals surface area contributed by atoms with Crippen molar-refractivity contribution in [1.82, 2.24) is 4.57 Å². The topological polar surface area (TPSA) is 66.0 Å². The molecule has 4 nitrogen and oxygen atoms in total. The van der Waals surface area contributed by atoms with Crippen molar-refractivity contribution in [1.29, 1.82) is 5.26 Å². The first kappa shape index (κ1) is 13.7. The quantitative estimate of drug-likeness (QED) is 0.919. The van der Waals surface area contributed by atoms with Gasteiger partial charge in [0.1, 0.15) is 5.69 Å². The largest absolute Gasteiger partial charge is 0.477 e. The number of hydrogen-bond donors (Lipinski definition) is 1. The van der Waals surface area contributed by atoms with Crippen LogP contribution in [-0.2, 0) is 6.18 Å². The van der Waals surface area contributed by atoms with Crippen LogP contribution in [0.25, 0.3) is 5.69 Å². The average Bonchev–Trinajstić information content (AvgIpc) is 2.86. The highest BCUT2D eigenvalue weighted by atomic mass is 19.4. The van der Waals surface area contributed by atoms with Crippen LogP contribution >= 0.6 is 0 Å². The van der Waals surface area contributed by atoms with E-state index in [0.717, 1.165) is 10.6 Å². The standard InChI is InChI=1S/C13H7F3N2O2/c14-13(15,16)9-6-8(7-17)3-4-10(9)18-5-1-2-11(18)12(19)20/h1-6H,(H,19,20). The van der Waals surface area contributed by atoms with E-state index in [-0.39, 0.29) is 16.9 Å². The third kappa shape index (κ3) is 2.36. The Bertz CT molecular complexity index is 711. The summed E-state index contributed by atoms with van der Waals surface area (Å²) in [6.07, 6.45) is -3.47. The summed E-state index contributed by atoms with van der Waals surface area (Å²) in [7, 11) is 0. The lowest BCUT2D eigenvalue weighted by Crippen LogP contribution is -2.14. The van der Waals surface area contributed by atoms with Crippen molar-refractivity contribution in [3.05, 3.63) is 53.3 Å². The highest BCUT2D eigenvalue weighted by Crippen LogP contribution is 2.35. The van der Waals surface area contributed by atoms with E-state index >= 15 is 0 Å². The van der Waals surface area contributed by atoms with E-state index < -0.39 is 17.7 Å². The molecule has 2 aromatic rings. The normalized spacial score (nSPS) is 11.1. The molecule has 7 heteroatoms. The molecule has 0 spiro atoms. The molecule has 0 bridgehead atoms. The van der Waals surface area contributed by atoms with Gasteiger partial charge in [0.05, 0.1) is 22.9 Å². The van der Waals surface area contributed by atoms with Gasteiger partial charge in [-0.25, -0.2) is 4.79 Å². The zero-order chi connectivity index (χ0) is 14.9. The van der Waals surface area contributed by atoms with Crippen LogP contribution < -0.4 is 0 Å². The fraction of sp³-hybridized carbons (Fsp3) is 0.0769. The van der Waals surface area contributed by atoms with Gasteiger partial charge in [-0.15, -0.1) is 0 Å². The second-order valence-electron chi connectivity index (χ2n) is 3.91. The number of carbonyl (C=O) groups is 1. The van der Waals surface area contributed by atoms with Gasteiger partial charge < -0.3 is 9.67 Å². The highest BCUT2D eigenvalue weighted by Gasteiger charge is 2.35. The molecule has 0 saturated carbocycles. The molecular formula is C13H7F3N2O2. The van der Waals surface area contributed by atoms with Crippen LogP contribution in [-0.4, -0.2) is 15.6 Å². The Morgan fingerprint density at radius 3 is 2.55 bits per heavy atom. The van der Waals surface area contributed by atoms with Gasteiger partial charge in [0.2, 0.25) is 0 Å². The van der Waals surface area contributed by atoms with Gasteiger partial charge in [-0.1, -0.05) is 0 Å². The molecule has 0 aliphatic rings. The van der Waals surface area contributed by atoms with Gasteiger partial charge >= 0.3 is 12.1 Å².